The molecule has 1 nitrogen and oxygen atoms in total. The van der Waals surface area contributed by atoms with Gasteiger partial charge in [-0.25, -0.2) is 8.78 Å². The van der Waals surface area contributed by atoms with E-state index in [0.717, 1.165) is 5.56 Å². The summed E-state index contributed by atoms with van der Waals surface area (Å²) < 4.78 is 28.5. The summed E-state index contributed by atoms with van der Waals surface area (Å²) in [7, 11) is 0. The maximum atomic E-state index is 11.8. The number of ether oxygens (including phenoxy) is 1. The Hall–Kier alpha value is -0.670. The fraction of sp³-hybridized carbons (Fsp3) is 0.571. The van der Waals surface area contributed by atoms with Crippen LogP contribution in [0.2, 0.25) is 0 Å². The Morgan fingerprint density at radius 3 is 2.17 bits per heavy atom. The zero-order valence-corrected chi connectivity index (χ0v) is 11.5. The number of hydrogen-bond acceptors (Lipinski definition) is 1. The van der Waals surface area contributed by atoms with Gasteiger partial charge in [-0.05, 0) is 23.5 Å². The van der Waals surface area contributed by atoms with Gasteiger partial charge < -0.3 is 4.74 Å². The Morgan fingerprint density at radius 2 is 1.67 bits per heavy atom. The lowest BCUT2D eigenvalue weighted by Crippen LogP contribution is -2.07. The normalized spacial score (nSPS) is 13.3. The van der Waals surface area contributed by atoms with E-state index in [-0.39, 0.29) is 12.0 Å². The third kappa shape index (κ3) is 5.32. The molecule has 0 aliphatic heterocycles. The molecule has 0 aromatic heterocycles. The molecule has 0 radical (unpaired) electrons. The van der Waals surface area contributed by atoms with Crippen LogP contribution in [0.4, 0.5) is 8.78 Å². The van der Waals surface area contributed by atoms with Crippen LogP contribution in [0.3, 0.4) is 0 Å². The van der Waals surface area contributed by atoms with Crippen LogP contribution < -0.4 is 0 Å². The van der Waals surface area contributed by atoms with Gasteiger partial charge in [0.15, 0.2) is 0 Å². The minimum Gasteiger partial charge on any atom is -0.375 e. The summed E-state index contributed by atoms with van der Waals surface area (Å²) in [6.45, 7) is 4.00. The van der Waals surface area contributed by atoms with Crippen molar-refractivity contribution in [1.82, 2.24) is 0 Å². The summed E-state index contributed by atoms with van der Waals surface area (Å²) in [6.07, 6.45) is -1.88. The summed E-state index contributed by atoms with van der Waals surface area (Å²) in [5.41, 5.74) is 2.26. The molecule has 4 heteroatoms. The van der Waals surface area contributed by atoms with Crippen LogP contribution in [-0.2, 0) is 4.74 Å². The van der Waals surface area contributed by atoms with E-state index in [1.807, 2.05) is 12.1 Å². The molecule has 1 aromatic rings. The predicted molar refractivity (Wildman–Crippen MR) is 70.6 cm³/mol. The average molecular weight is 277 g/mol. The average Bonchev–Trinajstić information content (AvgIpc) is 2.34. The second-order valence-corrected chi connectivity index (χ2v) is 5.07. The van der Waals surface area contributed by atoms with E-state index >= 15 is 0 Å². The smallest absolute Gasteiger partial charge is 0.261 e. The van der Waals surface area contributed by atoms with Crippen LogP contribution in [0.1, 0.15) is 42.7 Å². The van der Waals surface area contributed by atoms with Crippen LogP contribution >= 0.6 is 11.6 Å². The first-order valence-electron chi connectivity index (χ1n) is 6.10. The summed E-state index contributed by atoms with van der Waals surface area (Å²) in [5.74, 6) is 0.488. The predicted octanol–water partition coefficient (Wildman–Crippen LogP) is 4.76. The Labute approximate surface area is 112 Å². The van der Waals surface area contributed by atoms with Crippen molar-refractivity contribution in [2.45, 2.75) is 38.0 Å². The Morgan fingerprint density at radius 1 is 1.11 bits per heavy atom. The number of benzene rings is 1. The highest BCUT2D eigenvalue weighted by atomic mass is 35.5. The summed E-state index contributed by atoms with van der Waals surface area (Å²) >= 11 is 6.19. The highest BCUT2D eigenvalue weighted by Gasteiger charge is 2.09. The fourth-order valence-electron chi connectivity index (χ4n) is 1.62. The molecule has 1 atom stereocenters. The fourth-order valence-corrected chi connectivity index (χ4v) is 1.85. The summed E-state index contributed by atoms with van der Waals surface area (Å²) in [6, 6.07) is 8.07. The van der Waals surface area contributed by atoms with Gasteiger partial charge in [-0.15, -0.1) is 11.6 Å². The molecular weight excluding hydrogens is 258 g/mol. The third-order valence-corrected chi connectivity index (χ3v) is 3.19. The molecule has 0 bridgehead atoms. The van der Waals surface area contributed by atoms with Crippen LogP contribution in [0, 0.1) is 0 Å². The first kappa shape index (κ1) is 15.4. The third-order valence-electron chi connectivity index (χ3n) is 2.72. The number of alkyl halides is 3. The summed E-state index contributed by atoms with van der Waals surface area (Å²) in [4.78, 5) is 0. The van der Waals surface area contributed by atoms with Gasteiger partial charge in [-0.3, -0.25) is 0 Å². The number of rotatable bonds is 7. The van der Waals surface area contributed by atoms with Gasteiger partial charge in [0.05, 0.1) is 5.38 Å². The van der Waals surface area contributed by atoms with Crippen molar-refractivity contribution in [1.29, 1.82) is 0 Å². The molecule has 1 rings (SSSR count). The van der Waals surface area contributed by atoms with E-state index < -0.39 is 13.0 Å². The molecule has 0 aliphatic rings. The zero-order chi connectivity index (χ0) is 13.5. The SMILES string of the molecule is CC(C)c1ccc(C(Cl)CCOCC(F)F)cc1. The zero-order valence-electron chi connectivity index (χ0n) is 10.7. The van der Waals surface area contributed by atoms with Gasteiger partial charge in [0.25, 0.3) is 6.43 Å². The van der Waals surface area contributed by atoms with Crippen molar-refractivity contribution in [2.24, 2.45) is 0 Å². The van der Waals surface area contributed by atoms with Gasteiger partial charge in [-0.1, -0.05) is 38.1 Å². The lowest BCUT2D eigenvalue weighted by molar-refractivity contribution is 0.0165. The molecule has 1 aromatic carbocycles. The quantitative estimate of drug-likeness (QED) is 0.515. The molecular formula is C14H19ClF2O. The van der Waals surface area contributed by atoms with Crippen molar-refractivity contribution in [3.8, 4) is 0 Å². The molecule has 102 valence electrons. The second-order valence-electron chi connectivity index (χ2n) is 4.54. The highest BCUT2D eigenvalue weighted by Crippen LogP contribution is 2.25. The van der Waals surface area contributed by atoms with Gasteiger partial charge in [0.2, 0.25) is 0 Å². The van der Waals surface area contributed by atoms with Crippen LogP contribution in [-0.4, -0.2) is 19.6 Å². The number of hydrogen-bond donors (Lipinski definition) is 0. The van der Waals surface area contributed by atoms with E-state index in [1.54, 1.807) is 0 Å². The van der Waals surface area contributed by atoms with Gasteiger partial charge in [-0.2, -0.15) is 0 Å². The Balaban J connectivity index is 2.39. The molecule has 0 saturated carbocycles. The van der Waals surface area contributed by atoms with E-state index in [4.69, 9.17) is 16.3 Å². The van der Waals surface area contributed by atoms with Crippen molar-refractivity contribution in [3.63, 3.8) is 0 Å². The largest absolute Gasteiger partial charge is 0.375 e. The Bertz CT molecular complexity index is 338. The van der Waals surface area contributed by atoms with Crippen molar-refractivity contribution >= 4 is 11.6 Å². The van der Waals surface area contributed by atoms with Crippen molar-refractivity contribution in [3.05, 3.63) is 35.4 Å². The molecule has 0 spiro atoms. The lowest BCUT2D eigenvalue weighted by atomic mass is 10.0. The molecule has 0 fully saturated rings. The van der Waals surface area contributed by atoms with E-state index in [0.29, 0.717) is 12.3 Å². The molecule has 18 heavy (non-hydrogen) atoms. The first-order valence-corrected chi connectivity index (χ1v) is 6.54. The van der Waals surface area contributed by atoms with Crippen LogP contribution in [0.25, 0.3) is 0 Å². The maximum absolute atomic E-state index is 11.8. The van der Waals surface area contributed by atoms with Crippen LogP contribution in [0.5, 0.6) is 0 Å². The van der Waals surface area contributed by atoms with E-state index in [2.05, 4.69) is 26.0 Å². The van der Waals surface area contributed by atoms with Gasteiger partial charge >= 0.3 is 0 Å². The standard InChI is InChI=1S/C14H19ClF2O/c1-10(2)11-3-5-12(6-4-11)13(15)7-8-18-9-14(16)17/h3-6,10,13-14H,7-9H2,1-2H3. The minimum atomic E-state index is -2.41. The van der Waals surface area contributed by atoms with E-state index in [1.165, 1.54) is 5.56 Å². The minimum absolute atomic E-state index is 0.191. The Kier molecular flexibility index (Phi) is 6.58. The lowest BCUT2D eigenvalue weighted by Gasteiger charge is -2.12. The van der Waals surface area contributed by atoms with Crippen molar-refractivity contribution in [2.75, 3.05) is 13.2 Å². The molecule has 0 amide bonds. The molecule has 0 aliphatic carbocycles. The summed E-state index contributed by atoms with van der Waals surface area (Å²) in [5, 5.41) is -0.191. The topological polar surface area (TPSA) is 9.23 Å². The second kappa shape index (κ2) is 7.70. The van der Waals surface area contributed by atoms with Crippen LogP contribution in [0.15, 0.2) is 24.3 Å². The molecule has 0 heterocycles. The van der Waals surface area contributed by atoms with Gasteiger partial charge in [0.1, 0.15) is 6.61 Å². The van der Waals surface area contributed by atoms with E-state index in [9.17, 15) is 8.78 Å². The van der Waals surface area contributed by atoms with Gasteiger partial charge in [0, 0.05) is 6.61 Å². The van der Waals surface area contributed by atoms with Crippen molar-refractivity contribution < 1.29 is 13.5 Å². The monoisotopic (exact) mass is 276 g/mol. The number of halogens is 3. The molecule has 0 saturated heterocycles. The molecule has 0 N–H and O–H groups in total. The maximum Gasteiger partial charge on any atom is 0.261 e. The first-order chi connectivity index (χ1) is 8.50. The highest BCUT2D eigenvalue weighted by molar-refractivity contribution is 6.20. The molecule has 1 unspecified atom stereocenters.